The molecule has 8 heteroatoms. The van der Waals surface area contributed by atoms with Crippen molar-refractivity contribution in [2.24, 2.45) is 0 Å². The zero-order valence-corrected chi connectivity index (χ0v) is 19.3. The smallest absolute Gasteiger partial charge is 0.407 e. The molecule has 180 valence electrons. The van der Waals surface area contributed by atoms with E-state index in [4.69, 9.17) is 14.6 Å². The second-order valence-electron chi connectivity index (χ2n) is 8.11. The summed E-state index contributed by atoms with van der Waals surface area (Å²) in [7, 11) is 1.58. The van der Waals surface area contributed by atoms with Crippen LogP contribution in [0.2, 0.25) is 0 Å². The highest BCUT2D eigenvalue weighted by atomic mass is 16.5. The molecule has 2 N–H and O–H groups in total. The van der Waals surface area contributed by atoms with E-state index in [-0.39, 0.29) is 43.8 Å². The predicted molar refractivity (Wildman–Crippen MR) is 131 cm³/mol. The first-order valence-electron chi connectivity index (χ1n) is 11.2. The lowest BCUT2D eigenvalue weighted by Gasteiger charge is -2.17. The number of fused-ring (bicyclic) bond motifs is 3. The fourth-order valence-corrected chi connectivity index (χ4v) is 4.10. The number of aromatic carboxylic acids is 1. The van der Waals surface area contributed by atoms with Gasteiger partial charge in [-0.1, -0.05) is 48.5 Å². The van der Waals surface area contributed by atoms with Crippen LogP contribution in [0.4, 0.5) is 10.5 Å². The first kappa shape index (κ1) is 24.0. The van der Waals surface area contributed by atoms with E-state index in [9.17, 15) is 14.4 Å². The Kier molecular flexibility index (Phi) is 7.42. The van der Waals surface area contributed by atoms with Crippen LogP contribution in [0.15, 0.2) is 72.8 Å². The molecule has 8 nitrogen and oxygen atoms in total. The van der Waals surface area contributed by atoms with E-state index in [1.54, 1.807) is 19.2 Å². The second-order valence-corrected chi connectivity index (χ2v) is 8.11. The van der Waals surface area contributed by atoms with Crippen LogP contribution in [0, 0.1) is 0 Å². The quantitative estimate of drug-likeness (QED) is 0.456. The first-order chi connectivity index (χ1) is 17.0. The third-order valence-corrected chi connectivity index (χ3v) is 5.96. The van der Waals surface area contributed by atoms with Gasteiger partial charge >= 0.3 is 12.1 Å². The average molecular weight is 475 g/mol. The minimum absolute atomic E-state index is 0.0119. The number of alkyl carbamates (subject to hydrolysis) is 1. The Bertz CT molecular complexity index is 1180. The lowest BCUT2D eigenvalue weighted by atomic mass is 9.98. The van der Waals surface area contributed by atoms with Gasteiger partial charge in [0.2, 0.25) is 0 Å². The molecule has 0 aromatic heterocycles. The monoisotopic (exact) mass is 474 g/mol. The molecule has 35 heavy (non-hydrogen) atoms. The largest absolute Gasteiger partial charge is 0.478 e. The Labute approximate surface area is 203 Å². The summed E-state index contributed by atoms with van der Waals surface area (Å²) in [6.07, 6.45) is -0.544. The van der Waals surface area contributed by atoms with Crippen LogP contribution in [0.3, 0.4) is 0 Å². The molecule has 1 aliphatic carbocycles. The molecule has 1 aliphatic rings. The van der Waals surface area contributed by atoms with Gasteiger partial charge in [-0.3, -0.25) is 4.79 Å². The Hall–Kier alpha value is -4.17. The van der Waals surface area contributed by atoms with E-state index in [0.29, 0.717) is 5.69 Å². The normalized spacial score (nSPS) is 11.9. The van der Waals surface area contributed by atoms with Crippen LogP contribution in [0.1, 0.15) is 27.4 Å². The molecule has 0 unspecified atom stereocenters. The Morgan fingerprint density at radius 1 is 0.914 bits per heavy atom. The van der Waals surface area contributed by atoms with Gasteiger partial charge in [-0.2, -0.15) is 0 Å². The minimum atomic E-state index is -1.03. The third kappa shape index (κ3) is 5.50. The highest BCUT2D eigenvalue weighted by Crippen LogP contribution is 2.44. The molecule has 0 bridgehead atoms. The van der Waals surface area contributed by atoms with Crippen molar-refractivity contribution in [3.63, 3.8) is 0 Å². The molecule has 3 aromatic carbocycles. The molecule has 4 rings (SSSR count). The molecular weight excluding hydrogens is 448 g/mol. The van der Waals surface area contributed by atoms with Gasteiger partial charge in [0.25, 0.3) is 5.91 Å². The van der Waals surface area contributed by atoms with Crippen LogP contribution in [0.5, 0.6) is 0 Å². The van der Waals surface area contributed by atoms with Crippen molar-refractivity contribution in [1.29, 1.82) is 0 Å². The number of hydrogen-bond donors (Lipinski definition) is 2. The van der Waals surface area contributed by atoms with Crippen molar-refractivity contribution in [2.75, 3.05) is 38.3 Å². The summed E-state index contributed by atoms with van der Waals surface area (Å²) < 4.78 is 10.8. The zero-order valence-electron chi connectivity index (χ0n) is 19.3. The number of carboxylic acids is 1. The van der Waals surface area contributed by atoms with Gasteiger partial charge in [-0.25, -0.2) is 9.59 Å². The van der Waals surface area contributed by atoms with E-state index in [1.807, 2.05) is 24.3 Å². The third-order valence-electron chi connectivity index (χ3n) is 5.96. The molecule has 0 radical (unpaired) electrons. The maximum absolute atomic E-state index is 12.3. The molecule has 0 saturated carbocycles. The first-order valence-corrected chi connectivity index (χ1v) is 11.2. The second kappa shape index (κ2) is 10.8. The van der Waals surface area contributed by atoms with E-state index < -0.39 is 12.1 Å². The maximum atomic E-state index is 12.3. The predicted octanol–water partition coefficient (Wildman–Crippen LogP) is 3.90. The van der Waals surface area contributed by atoms with Crippen LogP contribution in [-0.4, -0.2) is 56.5 Å². The summed E-state index contributed by atoms with van der Waals surface area (Å²) in [6.45, 7) is 0.386. The number of nitrogens with zero attached hydrogens (tertiary/aromatic N) is 1. The molecular formula is C27H26N2O6. The van der Waals surface area contributed by atoms with Crippen molar-refractivity contribution in [1.82, 2.24) is 5.32 Å². The molecule has 0 atom stereocenters. The number of nitrogens with one attached hydrogen (secondary N) is 1. The van der Waals surface area contributed by atoms with Crippen LogP contribution in [-0.2, 0) is 14.3 Å². The topological polar surface area (TPSA) is 105 Å². The van der Waals surface area contributed by atoms with Crippen molar-refractivity contribution in [3.05, 3.63) is 89.5 Å². The van der Waals surface area contributed by atoms with Crippen LogP contribution >= 0.6 is 0 Å². The summed E-state index contributed by atoms with van der Waals surface area (Å²) >= 11 is 0. The van der Waals surface area contributed by atoms with Gasteiger partial charge in [0.1, 0.15) is 13.2 Å². The van der Waals surface area contributed by atoms with Crippen molar-refractivity contribution < 1.29 is 29.0 Å². The Morgan fingerprint density at radius 2 is 1.51 bits per heavy atom. The fourth-order valence-electron chi connectivity index (χ4n) is 4.10. The SMILES string of the molecule is CN(C(=O)COCCNC(=O)OCC1c2ccccc2-c2ccccc21)c1ccc(C(=O)O)cc1. The van der Waals surface area contributed by atoms with Gasteiger partial charge in [0.05, 0.1) is 12.2 Å². The number of carbonyl (C=O) groups is 3. The van der Waals surface area contributed by atoms with E-state index >= 15 is 0 Å². The number of hydrogen-bond acceptors (Lipinski definition) is 5. The van der Waals surface area contributed by atoms with Gasteiger partial charge in [0, 0.05) is 25.2 Å². The highest BCUT2D eigenvalue weighted by Gasteiger charge is 2.28. The number of anilines is 1. The van der Waals surface area contributed by atoms with Gasteiger partial charge in [-0.05, 0) is 46.5 Å². The number of carboxylic acid groups (broad SMARTS) is 1. The van der Waals surface area contributed by atoms with Gasteiger partial charge < -0.3 is 24.8 Å². The van der Waals surface area contributed by atoms with E-state index in [1.165, 1.54) is 17.0 Å². The number of rotatable bonds is 9. The maximum Gasteiger partial charge on any atom is 0.407 e. The average Bonchev–Trinajstić information content (AvgIpc) is 3.20. The van der Waals surface area contributed by atoms with Crippen molar-refractivity contribution in [3.8, 4) is 11.1 Å². The number of amides is 2. The summed E-state index contributed by atoms with van der Waals surface area (Å²) in [5.41, 5.74) is 5.32. The van der Waals surface area contributed by atoms with Crippen molar-refractivity contribution >= 4 is 23.7 Å². The molecule has 2 amide bonds. The molecule has 0 saturated heterocycles. The summed E-state index contributed by atoms with van der Waals surface area (Å²) in [6, 6.07) is 22.2. The fraction of sp³-hybridized carbons (Fsp3) is 0.222. The standard InChI is InChI=1S/C27H26N2O6/c1-29(19-12-10-18(11-13-19)26(31)32)25(30)17-34-15-14-28-27(33)35-16-24-22-8-4-2-6-20(22)21-7-3-5-9-23(21)24/h2-13,24H,14-17H2,1H3,(H,28,33)(H,31,32). The summed E-state index contributed by atoms with van der Waals surface area (Å²) in [5.74, 6) is -1.34. The summed E-state index contributed by atoms with van der Waals surface area (Å²) in [5, 5.41) is 11.6. The Balaban J connectivity index is 1.18. The van der Waals surface area contributed by atoms with Crippen molar-refractivity contribution in [2.45, 2.75) is 5.92 Å². The van der Waals surface area contributed by atoms with Crippen LogP contribution < -0.4 is 10.2 Å². The van der Waals surface area contributed by atoms with Crippen LogP contribution in [0.25, 0.3) is 11.1 Å². The minimum Gasteiger partial charge on any atom is -0.478 e. The van der Waals surface area contributed by atoms with Gasteiger partial charge in [0.15, 0.2) is 0 Å². The molecule has 0 heterocycles. The molecule has 0 aliphatic heterocycles. The van der Waals surface area contributed by atoms with E-state index in [0.717, 1.165) is 22.3 Å². The molecule has 0 spiro atoms. The number of carbonyl (C=O) groups excluding carboxylic acids is 2. The number of likely N-dealkylation sites (N-methyl/N-ethyl adjacent to an activating group) is 1. The molecule has 3 aromatic rings. The summed E-state index contributed by atoms with van der Waals surface area (Å²) in [4.78, 5) is 36.8. The van der Waals surface area contributed by atoms with E-state index in [2.05, 4.69) is 29.6 Å². The zero-order chi connectivity index (χ0) is 24.8. The highest BCUT2D eigenvalue weighted by molar-refractivity contribution is 5.94. The van der Waals surface area contributed by atoms with Gasteiger partial charge in [-0.15, -0.1) is 0 Å². The number of ether oxygens (including phenoxy) is 2. The number of benzene rings is 3. The Morgan fingerprint density at radius 3 is 2.11 bits per heavy atom. The lowest BCUT2D eigenvalue weighted by Crippen LogP contribution is -2.33. The molecule has 0 fully saturated rings. The lowest BCUT2D eigenvalue weighted by molar-refractivity contribution is -0.122.